The summed E-state index contributed by atoms with van der Waals surface area (Å²) < 4.78 is 19.3. The van der Waals surface area contributed by atoms with Crippen LogP contribution in [-0.2, 0) is 0 Å². The van der Waals surface area contributed by atoms with E-state index < -0.39 is 5.82 Å². The maximum atomic E-state index is 13.4. The molecule has 0 saturated heterocycles. The summed E-state index contributed by atoms with van der Waals surface area (Å²) in [7, 11) is 3.99. The van der Waals surface area contributed by atoms with Gasteiger partial charge in [-0.25, -0.2) is 4.39 Å². The summed E-state index contributed by atoms with van der Waals surface area (Å²) in [6.07, 6.45) is 1.45. The fourth-order valence-corrected chi connectivity index (χ4v) is 3.12. The second-order valence-corrected chi connectivity index (χ2v) is 7.17. The van der Waals surface area contributed by atoms with E-state index in [9.17, 15) is 4.39 Å². The molecule has 4 N–H and O–H groups in total. The number of nitrogens with one attached hydrogen (secondary N) is 2. The topological polar surface area (TPSA) is 85.1 Å². The van der Waals surface area contributed by atoms with E-state index in [0.717, 1.165) is 16.6 Å². The molecule has 0 fully saturated rings. The van der Waals surface area contributed by atoms with E-state index in [4.69, 9.17) is 22.1 Å². The third kappa shape index (κ3) is 4.92. The Hall–Kier alpha value is -3.65. The van der Waals surface area contributed by atoms with Crippen LogP contribution in [-0.4, -0.2) is 29.6 Å². The quantitative estimate of drug-likeness (QED) is 0.298. The molecule has 0 atom stereocenters. The van der Waals surface area contributed by atoms with E-state index in [1.807, 2.05) is 42.5 Å². The van der Waals surface area contributed by atoms with Gasteiger partial charge in [-0.3, -0.25) is 0 Å². The second-order valence-electron chi connectivity index (χ2n) is 6.76. The zero-order valence-corrected chi connectivity index (χ0v) is 17.2. The van der Waals surface area contributed by atoms with Crippen LogP contribution < -0.4 is 21.1 Å². The third-order valence-electron chi connectivity index (χ3n) is 4.47. The fourth-order valence-electron chi connectivity index (χ4n) is 2.94. The Kier molecular flexibility index (Phi) is 6.00. The van der Waals surface area contributed by atoms with Gasteiger partial charge in [0, 0.05) is 0 Å². The van der Waals surface area contributed by atoms with Crippen molar-refractivity contribution < 1.29 is 9.13 Å². The number of nitrogens with two attached hydrogens (primary N) is 1. The van der Waals surface area contributed by atoms with Crippen molar-refractivity contribution in [2.24, 2.45) is 0 Å². The molecule has 0 aliphatic carbocycles. The zero-order valence-electron chi connectivity index (χ0n) is 16.4. The number of hydrogen-bond acceptors (Lipinski definition) is 6. The zero-order chi connectivity index (χ0) is 21.8. The van der Waals surface area contributed by atoms with Crippen LogP contribution in [0.3, 0.4) is 0 Å². The molecule has 1 heterocycles. The first-order valence-corrected chi connectivity index (χ1v) is 9.76. The summed E-state index contributed by atoms with van der Waals surface area (Å²) in [6.45, 7) is 0.240. The Labute approximate surface area is 184 Å². The molecule has 0 amide bonds. The first-order valence-electron chi connectivity index (χ1n) is 9.38. The number of hydrogen-bond donors (Lipinski definition) is 3. The van der Waals surface area contributed by atoms with Gasteiger partial charge in [0.25, 0.3) is 0 Å². The molecule has 0 aliphatic heterocycles. The Morgan fingerprint density at radius 1 is 1.10 bits per heavy atom. The van der Waals surface area contributed by atoms with Crippen molar-refractivity contribution >= 4 is 58.5 Å². The van der Waals surface area contributed by atoms with Crippen molar-refractivity contribution in [3.8, 4) is 5.75 Å². The number of ether oxygens (including phenoxy) is 1. The van der Waals surface area contributed by atoms with E-state index >= 15 is 0 Å². The van der Waals surface area contributed by atoms with E-state index in [1.54, 1.807) is 6.07 Å². The first kappa shape index (κ1) is 20.6. The molecule has 154 valence electrons. The van der Waals surface area contributed by atoms with Crippen molar-refractivity contribution in [2.45, 2.75) is 0 Å². The van der Waals surface area contributed by atoms with Gasteiger partial charge in [-0.2, -0.15) is 0 Å². The van der Waals surface area contributed by atoms with Gasteiger partial charge in [0.1, 0.15) is 0 Å². The van der Waals surface area contributed by atoms with E-state index in [1.165, 1.54) is 18.5 Å². The average Bonchev–Trinajstić information content (AvgIpc) is 2.77. The Morgan fingerprint density at radius 2 is 1.94 bits per heavy atom. The second kappa shape index (κ2) is 9.01. The number of fused-ring (bicyclic) bond motifs is 1. The molecular weight excluding hydrogens is 416 g/mol. The van der Waals surface area contributed by atoms with Crippen molar-refractivity contribution in [1.82, 2.24) is 9.97 Å². The van der Waals surface area contributed by atoms with Crippen LogP contribution in [0.4, 0.5) is 27.3 Å². The third-order valence-corrected chi connectivity index (χ3v) is 4.76. The van der Waals surface area contributed by atoms with Crippen LogP contribution in [0.1, 0.15) is 0 Å². The average molecular weight is 434 g/mol. The molecule has 4 rings (SSSR count). The molecule has 0 spiro atoms. The molecule has 3 aromatic carbocycles. The van der Waals surface area contributed by atoms with Crippen LogP contribution in [0.5, 0.6) is 5.75 Å². The Morgan fingerprint density at radius 3 is 2.74 bits per heavy atom. The minimum atomic E-state index is -0.485. The predicted octanol–water partition coefficient (Wildman–Crippen LogP) is 4.27. The Balaban J connectivity index is 1.50. The van der Waals surface area contributed by atoms with Gasteiger partial charge in [0.05, 0.1) is 0 Å². The number of para-hydroxylation sites is 2. The molecule has 6 nitrogen and oxygen atoms in total. The minimum absolute atomic E-state index is 0.0254. The fraction of sp³-hybridized carbons (Fsp3) is 0.0455. The normalized spacial score (nSPS) is 10.6. The van der Waals surface area contributed by atoms with Gasteiger partial charge in [-0.1, -0.05) is 0 Å². The molecule has 0 bridgehead atoms. The predicted molar refractivity (Wildman–Crippen MR) is 126 cm³/mol. The van der Waals surface area contributed by atoms with Gasteiger partial charge in [0.2, 0.25) is 0 Å². The number of benzene rings is 3. The molecule has 9 heteroatoms. The van der Waals surface area contributed by atoms with E-state index in [2.05, 4.69) is 28.1 Å². The van der Waals surface area contributed by atoms with Crippen molar-refractivity contribution in [2.75, 3.05) is 23.0 Å². The summed E-state index contributed by atoms with van der Waals surface area (Å²) >= 11 is 5.87. The number of halogens is 2. The van der Waals surface area contributed by atoms with Gasteiger partial charge >= 0.3 is 180 Å². The molecule has 4 aromatic rings. The van der Waals surface area contributed by atoms with Gasteiger partial charge in [-0.15, -0.1) is 0 Å². The van der Waals surface area contributed by atoms with Gasteiger partial charge in [0.15, 0.2) is 0 Å². The standard InChI is InChI=1S/C22H18BClFN5O/c23-21(30-20-4-2-1-3-18(20)26)11-31-14-6-8-19-15(10-14)22(28-12-27-19)29-13-5-7-17(25)16(24)9-13/h1-10,12,23,30H,11,26H2,(H,27,28,29). The molecule has 1 aromatic heterocycles. The number of nitrogen functional groups attached to an aromatic ring is 1. The molecule has 0 aliphatic rings. The monoisotopic (exact) mass is 433 g/mol. The van der Waals surface area contributed by atoms with E-state index in [0.29, 0.717) is 28.5 Å². The summed E-state index contributed by atoms with van der Waals surface area (Å²) in [5, 5.41) is 7.06. The van der Waals surface area contributed by atoms with E-state index in [-0.39, 0.29) is 11.6 Å². The SMILES string of the molecule is B=C(COc1ccc2ncnc(Nc3ccc(F)c(Cl)c3)c2c1)Nc1ccccc1N. The number of rotatable bonds is 7. The summed E-state index contributed by atoms with van der Waals surface area (Å²) in [6, 6.07) is 17.3. The molecule has 0 unspecified atom stereocenters. The van der Waals surface area contributed by atoms with Crippen LogP contribution in [0.2, 0.25) is 5.02 Å². The summed E-state index contributed by atoms with van der Waals surface area (Å²) in [4.78, 5) is 8.58. The van der Waals surface area contributed by atoms with Gasteiger partial charge < -0.3 is 0 Å². The number of aromatic nitrogens is 2. The van der Waals surface area contributed by atoms with Crippen LogP contribution >= 0.6 is 11.6 Å². The summed E-state index contributed by atoms with van der Waals surface area (Å²) in [5.74, 6) is 0.681. The first-order chi connectivity index (χ1) is 15.0. The van der Waals surface area contributed by atoms with Gasteiger partial charge in [-0.05, 0) is 0 Å². The van der Waals surface area contributed by atoms with Crippen molar-refractivity contribution in [3.63, 3.8) is 0 Å². The van der Waals surface area contributed by atoms with Crippen LogP contribution in [0, 0.1) is 5.82 Å². The van der Waals surface area contributed by atoms with Crippen molar-refractivity contribution in [3.05, 3.63) is 77.8 Å². The number of anilines is 4. The molecular formula is C22H18BClFN5O. The van der Waals surface area contributed by atoms with Crippen LogP contribution in [0.15, 0.2) is 67.0 Å². The molecule has 31 heavy (non-hydrogen) atoms. The molecule has 0 saturated carbocycles. The summed E-state index contributed by atoms with van der Waals surface area (Å²) in [5.41, 5.74) is 9.33. The van der Waals surface area contributed by atoms with Crippen molar-refractivity contribution in [1.29, 1.82) is 0 Å². The Bertz CT molecular complexity index is 1270. The maximum absolute atomic E-state index is 13.4. The molecule has 0 radical (unpaired) electrons. The van der Waals surface area contributed by atoms with Crippen LogP contribution in [0.25, 0.3) is 10.9 Å². The number of nitrogens with zero attached hydrogens (tertiary/aromatic N) is 2.